The number of piperazine rings is 1. The molecule has 1 aliphatic heterocycles. The lowest BCUT2D eigenvalue weighted by molar-refractivity contribution is 0.0657. The predicted octanol–water partition coefficient (Wildman–Crippen LogP) is 2.41. The molecule has 0 radical (unpaired) electrons. The second-order valence-electron chi connectivity index (χ2n) is 6.90. The van der Waals surface area contributed by atoms with E-state index in [0.717, 1.165) is 49.8 Å². The highest BCUT2D eigenvalue weighted by molar-refractivity contribution is 5.31. The minimum absolute atomic E-state index is 0.540. The first kappa shape index (κ1) is 20.6. The van der Waals surface area contributed by atoms with Gasteiger partial charge >= 0.3 is 0 Å². The fourth-order valence-corrected chi connectivity index (χ4v) is 2.93. The van der Waals surface area contributed by atoms with Crippen LogP contribution in [-0.2, 0) is 11.3 Å². The van der Waals surface area contributed by atoms with E-state index in [2.05, 4.69) is 34.5 Å². The number of nitrogens with one attached hydrogen (secondary N) is 1. The molecule has 0 aliphatic carbocycles. The zero-order valence-electron chi connectivity index (χ0n) is 16.7. The van der Waals surface area contributed by atoms with Crippen LogP contribution in [0.4, 0.5) is 0 Å². The van der Waals surface area contributed by atoms with Gasteiger partial charge in [-0.3, -0.25) is 5.43 Å². The number of likely N-dealkylation sites (N-methyl/N-ethyl adjacent to an activating group) is 1. The maximum absolute atomic E-state index is 5.78. The third-order valence-corrected chi connectivity index (χ3v) is 4.65. The number of nitrogens with zero attached hydrogens (tertiary/aromatic N) is 2. The minimum Gasteiger partial charge on any atom is -0.491 e. The van der Waals surface area contributed by atoms with Crippen molar-refractivity contribution in [3.05, 3.63) is 60.2 Å². The first-order valence-corrected chi connectivity index (χ1v) is 9.94. The second kappa shape index (κ2) is 11.7. The zero-order valence-corrected chi connectivity index (χ0v) is 16.7. The van der Waals surface area contributed by atoms with Crippen molar-refractivity contribution in [3.8, 4) is 11.5 Å². The largest absolute Gasteiger partial charge is 0.491 e. The zero-order chi connectivity index (χ0) is 19.4. The van der Waals surface area contributed by atoms with Gasteiger partial charge in [0.15, 0.2) is 0 Å². The lowest BCUT2D eigenvalue weighted by Gasteiger charge is -2.32. The minimum atomic E-state index is 0.540. The molecule has 0 atom stereocenters. The summed E-state index contributed by atoms with van der Waals surface area (Å²) in [5.41, 5.74) is 4.56. The monoisotopic (exact) mass is 385 g/mol. The molecule has 0 amide bonds. The van der Waals surface area contributed by atoms with Gasteiger partial charge < -0.3 is 19.1 Å². The SMILES string of the molecule is CN1CCN(NCCOCCOc2ccc(OCc3ccccc3)cc2)CC1. The number of hydrogen-bond donors (Lipinski definition) is 1. The van der Waals surface area contributed by atoms with Crippen LogP contribution in [0.1, 0.15) is 5.56 Å². The van der Waals surface area contributed by atoms with E-state index in [1.807, 2.05) is 42.5 Å². The fraction of sp³-hybridized carbons (Fsp3) is 0.455. The highest BCUT2D eigenvalue weighted by atomic mass is 16.5. The number of rotatable bonds is 11. The molecule has 1 heterocycles. The number of hydrazine groups is 1. The van der Waals surface area contributed by atoms with Crippen LogP contribution in [0.2, 0.25) is 0 Å². The summed E-state index contributed by atoms with van der Waals surface area (Å²) in [5, 5.41) is 2.27. The molecule has 2 aromatic rings. The van der Waals surface area contributed by atoms with Crippen molar-refractivity contribution in [2.24, 2.45) is 0 Å². The maximum atomic E-state index is 5.78. The van der Waals surface area contributed by atoms with Gasteiger partial charge in [-0.2, -0.15) is 0 Å². The Kier molecular flexibility index (Phi) is 8.58. The van der Waals surface area contributed by atoms with Crippen LogP contribution in [0.25, 0.3) is 0 Å². The molecule has 0 spiro atoms. The third kappa shape index (κ3) is 7.48. The first-order chi connectivity index (χ1) is 13.8. The van der Waals surface area contributed by atoms with Gasteiger partial charge in [-0.1, -0.05) is 30.3 Å². The Balaban J connectivity index is 1.22. The smallest absolute Gasteiger partial charge is 0.120 e. The molecular weight excluding hydrogens is 354 g/mol. The van der Waals surface area contributed by atoms with Crippen molar-refractivity contribution in [2.75, 3.05) is 59.6 Å². The molecule has 6 heteroatoms. The van der Waals surface area contributed by atoms with Crippen molar-refractivity contribution in [1.29, 1.82) is 0 Å². The molecular formula is C22H31N3O3. The standard InChI is InChI=1S/C22H31N3O3/c1-24-12-14-25(15-13-24)23-11-16-26-17-18-27-21-7-9-22(10-8-21)28-19-20-5-3-2-4-6-20/h2-10,23H,11-19H2,1H3. The van der Waals surface area contributed by atoms with Crippen LogP contribution in [0.3, 0.4) is 0 Å². The summed E-state index contributed by atoms with van der Waals surface area (Å²) in [7, 11) is 2.16. The summed E-state index contributed by atoms with van der Waals surface area (Å²) < 4.78 is 17.1. The molecule has 0 bridgehead atoms. The van der Waals surface area contributed by atoms with Crippen LogP contribution in [0.15, 0.2) is 54.6 Å². The number of benzene rings is 2. The third-order valence-electron chi connectivity index (χ3n) is 4.65. The Labute approximate surface area is 168 Å². The predicted molar refractivity (Wildman–Crippen MR) is 111 cm³/mol. The van der Waals surface area contributed by atoms with Crippen LogP contribution in [-0.4, -0.2) is 69.5 Å². The maximum Gasteiger partial charge on any atom is 0.120 e. The Morgan fingerprint density at radius 3 is 2.18 bits per heavy atom. The van der Waals surface area contributed by atoms with Crippen LogP contribution < -0.4 is 14.9 Å². The quantitative estimate of drug-likeness (QED) is 0.600. The van der Waals surface area contributed by atoms with E-state index in [4.69, 9.17) is 14.2 Å². The molecule has 2 aromatic carbocycles. The van der Waals surface area contributed by atoms with E-state index in [1.54, 1.807) is 0 Å². The van der Waals surface area contributed by atoms with Gasteiger partial charge in [0.05, 0.1) is 13.2 Å². The highest BCUT2D eigenvalue weighted by Gasteiger charge is 2.12. The molecule has 0 saturated carbocycles. The van der Waals surface area contributed by atoms with Gasteiger partial charge in [-0.05, 0) is 36.9 Å². The molecule has 1 fully saturated rings. The summed E-state index contributed by atoms with van der Waals surface area (Å²) in [6.45, 7) is 7.54. The molecule has 152 valence electrons. The summed E-state index contributed by atoms with van der Waals surface area (Å²) >= 11 is 0. The van der Waals surface area contributed by atoms with E-state index in [1.165, 1.54) is 0 Å². The molecule has 0 unspecified atom stereocenters. The Morgan fingerprint density at radius 1 is 0.786 bits per heavy atom. The first-order valence-electron chi connectivity index (χ1n) is 9.94. The number of hydrogen-bond acceptors (Lipinski definition) is 6. The van der Waals surface area contributed by atoms with Crippen LogP contribution in [0, 0.1) is 0 Å². The van der Waals surface area contributed by atoms with Crippen molar-refractivity contribution < 1.29 is 14.2 Å². The topological polar surface area (TPSA) is 46.2 Å². The summed E-state index contributed by atoms with van der Waals surface area (Å²) in [6, 6.07) is 17.8. The molecule has 1 aliphatic rings. The van der Waals surface area contributed by atoms with E-state index in [9.17, 15) is 0 Å². The molecule has 1 saturated heterocycles. The van der Waals surface area contributed by atoms with Crippen LogP contribution >= 0.6 is 0 Å². The molecule has 3 rings (SSSR count). The van der Waals surface area contributed by atoms with Crippen molar-refractivity contribution in [3.63, 3.8) is 0 Å². The molecule has 28 heavy (non-hydrogen) atoms. The average Bonchev–Trinajstić information content (AvgIpc) is 2.74. The lowest BCUT2D eigenvalue weighted by atomic mass is 10.2. The Hall–Kier alpha value is -2.12. The molecule has 6 nitrogen and oxygen atoms in total. The van der Waals surface area contributed by atoms with Crippen LogP contribution in [0.5, 0.6) is 11.5 Å². The second-order valence-corrected chi connectivity index (χ2v) is 6.90. The van der Waals surface area contributed by atoms with Crippen molar-refractivity contribution in [2.45, 2.75) is 6.61 Å². The van der Waals surface area contributed by atoms with Crippen molar-refractivity contribution >= 4 is 0 Å². The number of ether oxygens (including phenoxy) is 3. The van der Waals surface area contributed by atoms with E-state index < -0.39 is 0 Å². The fourth-order valence-electron chi connectivity index (χ4n) is 2.93. The normalized spacial score (nSPS) is 15.5. The lowest BCUT2D eigenvalue weighted by Crippen LogP contribution is -2.51. The summed E-state index contributed by atoms with van der Waals surface area (Å²) in [5.74, 6) is 1.66. The molecule has 0 aromatic heterocycles. The van der Waals surface area contributed by atoms with Gasteiger partial charge in [0.1, 0.15) is 24.7 Å². The van der Waals surface area contributed by atoms with Crippen molar-refractivity contribution in [1.82, 2.24) is 15.3 Å². The Bertz CT molecular complexity index is 658. The van der Waals surface area contributed by atoms with Gasteiger partial charge in [0, 0.05) is 32.7 Å². The van der Waals surface area contributed by atoms with E-state index >= 15 is 0 Å². The average molecular weight is 386 g/mol. The van der Waals surface area contributed by atoms with Gasteiger partial charge in [0.2, 0.25) is 0 Å². The molecule has 1 N–H and O–H groups in total. The van der Waals surface area contributed by atoms with Gasteiger partial charge in [0.25, 0.3) is 0 Å². The Morgan fingerprint density at radius 2 is 1.46 bits per heavy atom. The highest BCUT2D eigenvalue weighted by Crippen LogP contribution is 2.18. The summed E-state index contributed by atoms with van der Waals surface area (Å²) in [4.78, 5) is 2.34. The van der Waals surface area contributed by atoms with E-state index in [0.29, 0.717) is 26.4 Å². The van der Waals surface area contributed by atoms with Gasteiger partial charge in [-0.15, -0.1) is 0 Å². The van der Waals surface area contributed by atoms with E-state index in [-0.39, 0.29) is 0 Å². The van der Waals surface area contributed by atoms with Gasteiger partial charge in [-0.25, -0.2) is 5.01 Å². The summed E-state index contributed by atoms with van der Waals surface area (Å²) in [6.07, 6.45) is 0.